The Balaban J connectivity index is 1.51. The molecule has 0 spiro atoms. The molecule has 0 saturated carbocycles. The average molecular weight is 418 g/mol. The monoisotopic (exact) mass is 418 g/mol. The van der Waals surface area contributed by atoms with Gasteiger partial charge in [-0.25, -0.2) is 4.98 Å². The summed E-state index contributed by atoms with van der Waals surface area (Å²) in [6.45, 7) is 3.65. The number of nitrogens with one attached hydrogen (secondary N) is 1. The van der Waals surface area contributed by atoms with Gasteiger partial charge in [0.15, 0.2) is 0 Å². The molecule has 0 aliphatic carbocycles. The first-order chi connectivity index (χ1) is 14.9. The third-order valence-electron chi connectivity index (χ3n) is 5.57. The molecule has 0 aliphatic rings. The second-order valence-corrected chi connectivity index (χ2v) is 7.89. The molecule has 31 heavy (non-hydrogen) atoms. The first-order valence-corrected chi connectivity index (χ1v) is 10.2. The number of hydrogen-bond acceptors (Lipinski definition) is 4. The molecule has 7 nitrogen and oxygen atoms in total. The number of ether oxygens (including phenoxy) is 1. The van der Waals surface area contributed by atoms with Gasteiger partial charge in [0.2, 0.25) is 5.91 Å². The van der Waals surface area contributed by atoms with Crippen LogP contribution in [0.25, 0.3) is 21.8 Å². The minimum atomic E-state index is -0.215. The molecular weight excluding hydrogens is 392 g/mol. The van der Waals surface area contributed by atoms with Gasteiger partial charge in [-0.2, -0.15) is 0 Å². The summed E-state index contributed by atoms with van der Waals surface area (Å²) in [7, 11) is 3.65. The summed E-state index contributed by atoms with van der Waals surface area (Å²) in [6, 6.07) is 13.1. The Morgan fingerprint density at radius 1 is 1.19 bits per heavy atom. The summed E-state index contributed by atoms with van der Waals surface area (Å²) in [5, 5.41) is 4.63. The highest BCUT2D eigenvalue weighted by Crippen LogP contribution is 2.26. The number of nitrogens with zero attached hydrogens (tertiary/aromatic N) is 3. The maximum Gasteiger partial charge on any atom is 0.261 e. The summed E-state index contributed by atoms with van der Waals surface area (Å²) >= 11 is 0. The van der Waals surface area contributed by atoms with Gasteiger partial charge in [0.05, 0.1) is 18.0 Å². The molecule has 2 heterocycles. The highest BCUT2D eigenvalue weighted by molar-refractivity contribution is 5.85. The summed E-state index contributed by atoms with van der Waals surface area (Å²) in [6.07, 6.45) is 2.74. The first-order valence-electron chi connectivity index (χ1n) is 10.2. The number of fused-ring (bicyclic) bond motifs is 2. The fraction of sp³-hybridized carbons (Fsp3) is 0.292. The van der Waals surface area contributed by atoms with Crippen molar-refractivity contribution in [3.8, 4) is 5.75 Å². The van der Waals surface area contributed by atoms with Gasteiger partial charge >= 0.3 is 0 Å². The molecule has 7 heteroatoms. The van der Waals surface area contributed by atoms with Crippen LogP contribution in [0.5, 0.6) is 5.75 Å². The maximum absolute atomic E-state index is 12.8. The standard InChI is InChI=1S/C24H26N4O3/c1-15(11-17-13-27(3)22-10-9-18(31-4)12-20(17)22)25-23(29)14-28-16(2)26-21-8-6-5-7-19(21)24(28)30/h5-10,12-13,15H,11,14H2,1-4H3,(H,25,29)/t15-/m0/s1. The van der Waals surface area contributed by atoms with Gasteiger partial charge in [0, 0.05) is 30.2 Å². The van der Waals surface area contributed by atoms with E-state index in [4.69, 9.17) is 4.74 Å². The van der Waals surface area contributed by atoms with Crippen LogP contribution in [0.3, 0.4) is 0 Å². The molecule has 0 aliphatic heterocycles. The molecule has 0 bridgehead atoms. The van der Waals surface area contributed by atoms with E-state index in [-0.39, 0.29) is 24.1 Å². The van der Waals surface area contributed by atoms with Crippen LogP contribution in [0.15, 0.2) is 53.5 Å². The zero-order valence-electron chi connectivity index (χ0n) is 18.2. The number of benzene rings is 2. The van der Waals surface area contributed by atoms with Gasteiger partial charge in [-0.3, -0.25) is 14.2 Å². The molecule has 4 aromatic rings. The molecule has 0 fully saturated rings. The lowest BCUT2D eigenvalue weighted by Crippen LogP contribution is -2.39. The minimum Gasteiger partial charge on any atom is -0.497 e. The Hall–Kier alpha value is -3.61. The van der Waals surface area contributed by atoms with Gasteiger partial charge in [-0.05, 0) is 56.2 Å². The molecule has 2 aromatic carbocycles. The Bertz CT molecular complexity index is 1340. The lowest BCUT2D eigenvalue weighted by Gasteiger charge is -2.15. The van der Waals surface area contributed by atoms with Gasteiger partial charge in [-0.1, -0.05) is 12.1 Å². The van der Waals surface area contributed by atoms with Crippen LogP contribution >= 0.6 is 0 Å². The lowest BCUT2D eigenvalue weighted by molar-refractivity contribution is -0.122. The number of rotatable bonds is 6. The van der Waals surface area contributed by atoms with E-state index < -0.39 is 0 Å². The molecule has 4 rings (SSSR count). The Morgan fingerprint density at radius 2 is 1.97 bits per heavy atom. The summed E-state index contributed by atoms with van der Waals surface area (Å²) in [4.78, 5) is 30.0. The van der Waals surface area contributed by atoms with Crippen molar-refractivity contribution in [1.82, 2.24) is 19.4 Å². The quantitative estimate of drug-likeness (QED) is 0.522. The molecule has 0 unspecified atom stereocenters. The van der Waals surface area contributed by atoms with Gasteiger partial charge in [0.1, 0.15) is 18.1 Å². The van der Waals surface area contributed by atoms with E-state index in [9.17, 15) is 9.59 Å². The first kappa shape index (κ1) is 20.7. The Morgan fingerprint density at radius 3 is 2.74 bits per heavy atom. The van der Waals surface area contributed by atoms with E-state index in [1.807, 2.05) is 38.2 Å². The van der Waals surface area contributed by atoms with Crippen molar-refractivity contribution in [3.05, 3.63) is 70.4 Å². The van der Waals surface area contributed by atoms with E-state index >= 15 is 0 Å². The van der Waals surface area contributed by atoms with E-state index in [1.54, 1.807) is 32.2 Å². The average Bonchev–Trinajstić information content (AvgIpc) is 3.05. The van der Waals surface area contributed by atoms with Gasteiger partial charge < -0.3 is 14.6 Å². The smallest absolute Gasteiger partial charge is 0.261 e. The number of aryl methyl sites for hydroxylation is 2. The Kier molecular flexibility index (Phi) is 5.50. The van der Waals surface area contributed by atoms with Crippen LogP contribution in [0, 0.1) is 6.92 Å². The zero-order chi connectivity index (χ0) is 22.1. The fourth-order valence-electron chi connectivity index (χ4n) is 4.05. The molecule has 160 valence electrons. The van der Waals surface area contributed by atoms with Crippen molar-refractivity contribution in [2.24, 2.45) is 7.05 Å². The Labute approximate surface area is 180 Å². The van der Waals surface area contributed by atoms with Crippen molar-refractivity contribution in [2.75, 3.05) is 7.11 Å². The SMILES string of the molecule is COc1ccc2c(c1)c(C[C@H](C)NC(=O)Cn1c(C)nc3ccccc3c1=O)cn2C. The molecule has 2 aromatic heterocycles. The van der Waals surface area contributed by atoms with E-state index in [1.165, 1.54) is 4.57 Å². The zero-order valence-corrected chi connectivity index (χ0v) is 18.2. The predicted octanol–water partition coefficient (Wildman–Crippen LogP) is 2.95. The summed E-state index contributed by atoms with van der Waals surface area (Å²) in [5.41, 5.74) is 2.68. The number of carbonyl (C=O) groups excluding carboxylic acids is 1. The third kappa shape index (κ3) is 4.03. The van der Waals surface area contributed by atoms with Crippen molar-refractivity contribution in [1.29, 1.82) is 0 Å². The third-order valence-corrected chi connectivity index (χ3v) is 5.57. The highest BCUT2D eigenvalue weighted by atomic mass is 16.5. The van der Waals surface area contributed by atoms with Crippen molar-refractivity contribution < 1.29 is 9.53 Å². The number of carbonyl (C=O) groups is 1. The molecule has 1 N–H and O–H groups in total. The summed E-state index contributed by atoms with van der Waals surface area (Å²) in [5.74, 6) is 1.11. The number of amides is 1. The molecule has 0 saturated heterocycles. The van der Waals surface area contributed by atoms with Gasteiger partial charge in [0.25, 0.3) is 5.56 Å². The normalized spacial score (nSPS) is 12.3. The molecule has 1 amide bonds. The van der Waals surface area contributed by atoms with E-state index in [0.29, 0.717) is 23.1 Å². The number of para-hydroxylation sites is 1. The molecular formula is C24H26N4O3. The van der Waals surface area contributed by atoms with Crippen LogP contribution in [0.1, 0.15) is 18.3 Å². The summed E-state index contributed by atoms with van der Waals surface area (Å²) < 4.78 is 8.85. The molecule has 0 radical (unpaired) electrons. The van der Waals surface area contributed by atoms with E-state index in [2.05, 4.69) is 21.1 Å². The van der Waals surface area contributed by atoms with Crippen LogP contribution in [-0.4, -0.2) is 33.2 Å². The number of aromatic nitrogens is 3. The maximum atomic E-state index is 12.8. The fourth-order valence-corrected chi connectivity index (χ4v) is 4.05. The van der Waals surface area contributed by atoms with Crippen LogP contribution in [0.2, 0.25) is 0 Å². The van der Waals surface area contributed by atoms with Gasteiger partial charge in [-0.15, -0.1) is 0 Å². The second kappa shape index (κ2) is 8.26. The number of methoxy groups -OCH3 is 1. The van der Waals surface area contributed by atoms with Crippen molar-refractivity contribution >= 4 is 27.7 Å². The van der Waals surface area contributed by atoms with Crippen molar-refractivity contribution in [2.45, 2.75) is 32.9 Å². The highest BCUT2D eigenvalue weighted by Gasteiger charge is 2.16. The minimum absolute atomic E-state index is 0.0593. The predicted molar refractivity (Wildman–Crippen MR) is 122 cm³/mol. The largest absolute Gasteiger partial charge is 0.497 e. The van der Waals surface area contributed by atoms with Crippen LogP contribution < -0.4 is 15.6 Å². The molecule has 1 atom stereocenters. The van der Waals surface area contributed by atoms with Crippen molar-refractivity contribution in [3.63, 3.8) is 0 Å². The van der Waals surface area contributed by atoms with E-state index in [0.717, 1.165) is 22.2 Å². The lowest BCUT2D eigenvalue weighted by atomic mass is 10.1. The van der Waals surface area contributed by atoms with Crippen LogP contribution in [-0.2, 0) is 24.8 Å². The number of hydrogen-bond donors (Lipinski definition) is 1. The second-order valence-electron chi connectivity index (χ2n) is 7.89. The van der Waals surface area contributed by atoms with Crippen LogP contribution in [0.4, 0.5) is 0 Å². The topological polar surface area (TPSA) is 78.2 Å².